The molecule has 2 heterocycles. The molecule has 0 aromatic heterocycles. The number of benzene rings is 6. The van der Waals surface area contributed by atoms with Gasteiger partial charge in [-0.1, -0.05) is 133 Å². The van der Waals surface area contributed by atoms with E-state index in [1.807, 2.05) is 115 Å². The number of aliphatic hydroxyl groups excluding tert-OH is 1. The van der Waals surface area contributed by atoms with E-state index in [9.17, 15) is 23.2 Å². The summed E-state index contributed by atoms with van der Waals surface area (Å²) < 4.78 is 33.5. The van der Waals surface area contributed by atoms with Gasteiger partial charge in [-0.05, 0) is 50.7 Å². The molecular weight excluding hydrogens is 644 g/mol. The quantitative estimate of drug-likeness (QED) is 0.192. The third-order valence-electron chi connectivity index (χ3n) is 8.71. The maximum atomic E-state index is 13.2. The molecule has 6 aromatic carbocycles. The number of hydrogen-bond donors (Lipinski definition) is 2. The molecule has 0 aliphatic carbocycles. The Morgan fingerprint density at radius 1 is 0.490 bits per heavy atom. The second-order valence-electron chi connectivity index (χ2n) is 11.5. The van der Waals surface area contributed by atoms with Crippen LogP contribution in [-0.4, -0.2) is 29.9 Å². The SMILES string of the molecule is O=S(=O)(O)c1cccc2c(-c3ccc(-c4ccc(C5=C6C(O)=NC(c7ccc(-c8ccccc8)cc7)=C6C([O-])=N5)cc4)cc3)cccc12.[Na+]. The second-order valence-corrected chi connectivity index (χ2v) is 12.9. The van der Waals surface area contributed by atoms with Crippen LogP contribution in [-0.2, 0) is 10.1 Å². The Hall–Kier alpha value is -5.09. The Balaban J connectivity index is 0.00000378. The first-order valence-electron chi connectivity index (χ1n) is 15.2. The molecule has 8 rings (SSSR count). The topological polar surface area (TPSA) is 122 Å². The van der Waals surface area contributed by atoms with Crippen molar-refractivity contribution in [2.45, 2.75) is 4.90 Å². The molecule has 0 bridgehead atoms. The number of nitrogens with zero attached hydrogens (tertiary/aromatic N) is 2. The van der Waals surface area contributed by atoms with Gasteiger partial charge in [0.2, 0.25) is 5.90 Å². The summed E-state index contributed by atoms with van der Waals surface area (Å²) >= 11 is 0. The molecule has 0 saturated carbocycles. The molecule has 49 heavy (non-hydrogen) atoms. The Labute approximate surface area is 305 Å². The van der Waals surface area contributed by atoms with Crippen LogP contribution in [0.25, 0.3) is 55.5 Å². The van der Waals surface area contributed by atoms with Gasteiger partial charge in [0.05, 0.1) is 17.0 Å². The molecule has 0 atom stereocenters. The van der Waals surface area contributed by atoms with Gasteiger partial charge in [0, 0.05) is 22.1 Å². The minimum absolute atomic E-state index is 0. The van der Waals surface area contributed by atoms with Gasteiger partial charge in [0.15, 0.2) is 0 Å². The van der Waals surface area contributed by atoms with Gasteiger partial charge >= 0.3 is 29.6 Å². The number of aliphatic hydroxyl groups is 1. The molecule has 0 fully saturated rings. The molecule has 232 valence electrons. The summed E-state index contributed by atoms with van der Waals surface area (Å²) in [7, 11) is -4.37. The van der Waals surface area contributed by atoms with Crippen LogP contribution in [0.1, 0.15) is 11.1 Å². The van der Waals surface area contributed by atoms with Crippen molar-refractivity contribution in [3.8, 4) is 33.4 Å². The van der Waals surface area contributed by atoms with Gasteiger partial charge < -0.3 is 10.2 Å². The number of aliphatic imine (C=N–C) groups is 2. The molecule has 2 aliphatic rings. The standard InChI is InChI=1S/C40H26N2O5S.Na/c43-39-35-36(40(44)41-37(35)29-20-14-25(15-21-29)24-6-2-1-3-7-24)38(42-39)30-22-16-27(17-23-30)26-12-18-28(19-13-26)31-8-4-10-33-32(31)9-5-11-34(33)48(45,46)47;/h1-23H,(H,41,44)(H,42,43)(H,45,46,47);/q;+1/p-1. The maximum absolute atomic E-state index is 13.2. The van der Waals surface area contributed by atoms with E-state index in [2.05, 4.69) is 9.98 Å². The van der Waals surface area contributed by atoms with Gasteiger partial charge in [-0.25, -0.2) is 4.99 Å². The summed E-state index contributed by atoms with van der Waals surface area (Å²) in [6, 6.07) is 43.4. The first-order chi connectivity index (χ1) is 23.3. The molecule has 0 amide bonds. The third-order valence-corrected chi connectivity index (χ3v) is 9.62. The minimum atomic E-state index is -4.37. The zero-order chi connectivity index (χ0) is 33.0. The van der Waals surface area contributed by atoms with E-state index in [-0.39, 0.29) is 40.4 Å². The molecule has 0 unspecified atom stereocenters. The largest absolute Gasteiger partial charge is 1.00 e. The Kier molecular flexibility index (Phi) is 8.44. The van der Waals surface area contributed by atoms with Crippen molar-refractivity contribution < 1.29 is 52.7 Å². The van der Waals surface area contributed by atoms with Gasteiger partial charge in [-0.3, -0.25) is 9.55 Å². The van der Waals surface area contributed by atoms with Crippen molar-refractivity contribution in [1.82, 2.24) is 0 Å². The van der Waals surface area contributed by atoms with E-state index in [1.165, 1.54) is 6.07 Å². The Bertz CT molecular complexity index is 2500. The van der Waals surface area contributed by atoms with Crippen LogP contribution < -0.4 is 34.7 Å². The minimum Gasteiger partial charge on any atom is -0.858 e. The van der Waals surface area contributed by atoms with E-state index < -0.39 is 16.0 Å². The molecule has 0 radical (unpaired) electrons. The van der Waals surface area contributed by atoms with Crippen LogP contribution >= 0.6 is 0 Å². The van der Waals surface area contributed by atoms with Crippen LogP contribution in [0.5, 0.6) is 0 Å². The Morgan fingerprint density at radius 2 is 0.959 bits per heavy atom. The number of fused-ring (bicyclic) bond motifs is 2. The van der Waals surface area contributed by atoms with Gasteiger partial charge in [-0.15, -0.1) is 0 Å². The summed E-state index contributed by atoms with van der Waals surface area (Å²) in [5, 5.41) is 25.2. The molecular formula is C40H25N2NaO5S. The summed E-state index contributed by atoms with van der Waals surface area (Å²) in [6.07, 6.45) is 0. The van der Waals surface area contributed by atoms with Crippen LogP contribution in [0.15, 0.2) is 166 Å². The number of rotatable bonds is 6. The molecule has 0 saturated heterocycles. The van der Waals surface area contributed by atoms with E-state index in [4.69, 9.17) is 0 Å². The summed E-state index contributed by atoms with van der Waals surface area (Å²) in [6.45, 7) is 0. The normalized spacial score (nSPS) is 14.1. The van der Waals surface area contributed by atoms with Crippen molar-refractivity contribution in [2.24, 2.45) is 9.98 Å². The fourth-order valence-electron chi connectivity index (χ4n) is 6.38. The first kappa shape index (κ1) is 32.5. The Morgan fingerprint density at radius 3 is 1.53 bits per heavy atom. The van der Waals surface area contributed by atoms with Gasteiger partial charge in [-0.2, -0.15) is 8.42 Å². The van der Waals surface area contributed by atoms with E-state index >= 15 is 0 Å². The van der Waals surface area contributed by atoms with Crippen LogP contribution in [0.3, 0.4) is 0 Å². The summed E-state index contributed by atoms with van der Waals surface area (Å²) in [4.78, 5) is 8.57. The molecule has 7 nitrogen and oxygen atoms in total. The predicted molar refractivity (Wildman–Crippen MR) is 188 cm³/mol. The summed E-state index contributed by atoms with van der Waals surface area (Å²) in [5.74, 6) is -0.666. The zero-order valence-corrected chi connectivity index (χ0v) is 29.0. The van der Waals surface area contributed by atoms with E-state index in [0.29, 0.717) is 38.9 Å². The zero-order valence-electron chi connectivity index (χ0n) is 26.2. The van der Waals surface area contributed by atoms with E-state index in [1.54, 1.807) is 18.2 Å². The van der Waals surface area contributed by atoms with E-state index in [0.717, 1.165) is 38.9 Å². The molecule has 6 aromatic rings. The van der Waals surface area contributed by atoms with Crippen molar-refractivity contribution in [2.75, 3.05) is 0 Å². The predicted octanol–water partition coefficient (Wildman–Crippen LogP) is 4.96. The fraction of sp³-hybridized carbons (Fsp3) is 0. The van der Waals surface area contributed by atoms with Crippen LogP contribution in [0.2, 0.25) is 0 Å². The average molecular weight is 669 g/mol. The molecule has 2 N–H and O–H groups in total. The van der Waals surface area contributed by atoms with Gasteiger partial charge in [0.25, 0.3) is 10.1 Å². The first-order valence-corrected chi connectivity index (χ1v) is 16.6. The van der Waals surface area contributed by atoms with Crippen LogP contribution in [0, 0.1) is 0 Å². The van der Waals surface area contributed by atoms with Gasteiger partial charge in [0.1, 0.15) is 4.90 Å². The molecule has 2 aliphatic heterocycles. The molecule has 9 heteroatoms. The smallest absolute Gasteiger partial charge is 0.858 e. The maximum Gasteiger partial charge on any atom is 1.00 e. The average Bonchev–Trinajstić information content (AvgIpc) is 3.65. The van der Waals surface area contributed by atoms with Crippen molar-refractivity contribution in [1.29, 1.82) is 0 Å². The molecule has 0 spiro atoms. The van der Waals surface area contributed by atoms with Crippen molar-refractivity contribution in [3.63, 3.8) is 0 Å². The fourth-order valence-corrected chi connectivity index (χ4v) is 7.09. The van der Waals surface area contributed by atoms with Crippen LogP contribution in [0.4, 0.5) is 0 Å². The summed E-state index contributed by atoms with van der Waals surface area (Å²) in [5.41, 5.74) is 8.57. The third kappa shape index (κ3) is 5.84. The van der Waals surface area contributed by atoms with Crippen molar-refractivity contribution >= 4 is 44.1 Å². The number of hydrogen-bond acceptors (Lipinski definition) is 5. The monoisotopic (exact) mass is 668 g/mol. The second kappa shape index (κ2) is 12.7. The van der Waals surface area contributed by atoms with Crippen molar-refractivity contribution in [3.05, 3.63) is 162 Å².